The number of anilines is 1. The van der Waals surface area contributed by atoms with Crippen molar-refractivity contribution >= 4 is 11.6 Å². The van der Waals surface area contributed by atoms with Crippen molar-refractivity contribution in [2.75, 3.05) is 31.5 Å². The Morgan fingerprint density at radius 1 is 1.35 bits per heavy atom. The fourth-order valence-corrected chi connectivity index (χ4v) is 3.48. The number of halogens is 1. The van der Waals surface area contributed by atoms with Gasteiger partial charge in [-0.25, -0.2) is 4.39 Å². The van der Waals surface area contributed by atoms with Gasteiger partial charge in [-0.15, -0.1) is 0 Å². The number of hydrogen-bond donors (Lipinski definition) is 2. The molecular weight excluding hydrogens is 293 g/mol. The SMILES string of the molecule is CC1CC(C)CN(CC(C)NC(=O)CNc2cccc(F)c2)C1. The Balaban J connectivity index is 1.72. The van der Waals surface area contributed by atoms with Gasteiger partial charge >= 0.3 is 0 Å². The summed E-state index contributed by atoms with van der Waals surface area (Å²) < 4.78 is 13.1. The van der Waals surface area contributed by atoms with Crippen LogP contribution in [0.3, 0.4) is 0 Å². The van der Waals surface area contributed by atoms with Crippen molar-refractivity contribution in [1.82, 2.24) is 10.2 Å². The Kier molecular flexibility index (Phi) is 6.39. The van der Waals surface area contributed by atoms with Crippen LogP contribution in [0.15, 0.2) is 24.3 Å². The standard InChI is InChI=1S/C18H28FN3O/c1-13-7-14(2)11-22(10-13)12-15(3)21-18(23)9-20-17-6-4-5-16(19)8-17/h4-6,8,13-15,20H,7,9-12H2,1-3H3,(H,21,23). The minimum Gasteiger partial charge on any atom is -0.376 e. The molecule has 0 bridgehead atoms. The van der Waals surface area contributed by atoms with Crippen LogP contribution in [0.5, 0.6) is 0 Å². The van der Waals surface area contributed by atoms with Gasteiger partial charge in [0.25, 0.3) is 0 Å². The first kappa shape index (κ1) is 17.7. The predicted molar refractivity (Wildman–Crippen MR) is 91.9 cm³/mol. The highest BCUT2D eigenvalue weighted by Gasteiger charge is 2.23. The number of carbonyl (C=O) groups is 1. The number of rotatable bonds is 6. The molecule has 3 unspecified atom stereocenters. The minimum absolute atomic E-state index is 0.0696. The number of nitrogens with one attached hydrogen (secondary N) is 2. The summed E-state index contributed by atoms with van der Waals surface area (Å²) >= 11 is 0. The number of piperidine rings is 1. The van der Waals surface area contributed by atoms with E-state index in [-0.39, 0.29) is 24.3 Å². The molecule has 128 valence electrons. The molecule has 1 aliphatic rings. The van der Waals surface area contributed by atoms with E-state index in [2.05, 4.69) is 29.4 Å². The van der Waals surface area contributed by atoms with Crippen LogP contribution in [-0.2, 0) is 4.79 Å². The molecule has 5 heteroatoms. The lowest BCUT2D eigenvalue weighted by molar-refractivity contribution is -0.120. The third-order valence-corrected chi connectivity index (χ3v) is 4.16. The summed E-state index contributed by atoms with van der Waals surface area (Å²) in [6, 6.07) is 6.24. The zero-order chi connectivity index (χ0) is 16.8. The summed E-state index contributed by atoms with van der Waals surface area (Å²) in [4.78, 5) is 14.4. The van der Waals surface area contributed by atoms with E-state index in [0.29, 0.717) is 5.69 Å². The maximum atomic E-state index is 13.1. The normalized spacial score (nSPS) is 23.3. The molecule has 0 spiro atoms. The largest absolute Gasteiger partial charge is 0.376 e. The molecule has 1 aromatic carbocycles. The molecular formula is C18H28FN3O. The third-order valence-electron chi connectivity index (χ3n) is 4.16. The molecule has 1 amide bonds. The number of likely N-dealkylation sites (tertiary alicyclic amines) is 1. The van der Waals surface area contributed by atoms with Gasteiger partial charge < -0.3 is 15.5 Å². The van der Waals surface area contributed by atoms with Gasteiger partial charge in [0.15, 0.2) is 0 Å². The topological polar surface area (TPSA) is 44.4 Å². The van der Waals surface area contributed by atoms with Gasteiger partial charge in [-0.1, -0.05) is 19.9 Å². The molecule has 4 nitrogen and oxygen atoms in total. The molecule has 1 heterocycles. The molecule has 1 saturated heterocycles. The number of benzene rings is 1. The number of amides is 1. The van der Waals surface area contributed by atoms with Gasteiger partial charge in [-0.2, -0.15) is 0 Å². The lowest BCUT2D eigenvalue weighted by Gasteiger charge is -2.36. The van der Waals surface area contributed by atoms with Gasteiger partial charge in [-0.3, -0.25) is 4.79 Å². The first-order valence-corrected chi connectivity index (χ1v) is 8.43. The van der Waals surface area contributed by atoms with E-state index >= 15 is 0 Å². The highest BCUT2D eigenvalue weighted by Crippen LogP contribution is 2.20. The minimum atomic E-state index is -0.308. The van der Waals surface area contributed by atoms with Gasteiger partial charge in [0.05, 0.1) is 6.54 Å². The fourth-order valence-electron chi connectivity index (χ4n) is 3.48. The van der Waals surface area contributed by atoms with Crippen molar-refractivity contribution in [2.24, 2.45) is 11.8 Å². The molecule has 1 aromatic rings. The van der Waals surface area contributed by atoms with Gasteiger partial charge in [0.1, 0.15) is 5.82 Å². The smallest absolute Gasteiger partial charge is 0.239 e. The van der Waals surface area contributed by atoms with Gasteiger partial charge in [-0.05, 0) is 43.4 Å². The lowest BCUT2D eigenvalue weighted by atomic mass is 9.92. The Labute approximate surface area is 138 Å². The van der Waals surface area contributed by atoms with Crippen molar-refractivity contribution < 1.29 is 9.18 Å². The van der Waals surface area contributed by atoms with Crippen LogP contribution < -0.4 is 10.6 Å². The first-order chi connectivity index (χ1) is 10.9. The summed E-state index contributed by atoms with van der Waals surface area (Å²) in [5, 5.41) is 5.95. The van der Waals surface area contributed by atoms with Crippen LogP contribution in [0.25, 0.3) is 0 Å². The van der Waals surface area contributed by atoms with E-state index < -0.39 is 0 Å². The Morgan fingerprint density at radius 2 is 2.04 bits per heavy atom. The first-order valence-electron chi connectivity index (χ1n) is 8.43. The highest BCUT2D eigenvalue weighted by molar-refractivity contribution is 5.80. The van der Waals surface area contributed by atoms with Crippen molar-refractivity contribution in [3.8, 4) is 0 Å². The molecule has 1 fully saturated rings. The second-order valence-corrected chi connectivity index (χ2v) is 7.00. The van der Waals surface area contributed by atoms with Crippen LogP contribution in [0.2, 0.25) is 0 Å². The summed E-state index contributed by atoms with van der Waals surface area (Å²) in [6.45, 7) is 9.84. The summed E-state index contributed by atoms with van der Waals surface area (Å²) in [5.74, 6) is 1.06. The average molecular weight is 321 g/mol. The zero-order valence-electron chi connectivity index (χ0n) is 14.3. The number of nitrogens with zero attached hydrogens (tertiary/aromatic N) is 1. The average Bonchev–Trinajstić information content (AvgIpc) is 2.44. The lowest BCUT2D eigenvalue weighted by Crippen LogP contribution is -2.47. The molecule has 2 N–H and O–H groups in total. The second kappa shape index (κ2) is 8.29. The van der Waals surface area contributed by atoms with Crippen LogP contribution in [-0.4, -0.2) is 43.0 Å². The monoisotopic (exact) mass is 321 g/mol. The van der Waals surface area contributed by atoms with E-state index in [1.807, 2.05) is 6.92 Å². The quantitative estimate of drug-likeness (QED) is 0.847. The van der Waals surface area contributed by atoms with E-state index in [4.69, 9.17) is 0 Å². The maximum absolute atomic E-state index is 13.1. The van der Waals surface area contributed by atoms with Crippen LogP contribution in [0.1, 0.15) is 27.2 Å². The van der Waals surface area contributed by atoms with E-state index in [9.17, 15) is 9.18 Å². The number of carbonyl (C=O) groups excluding carboxylic acids is 1. The van der Waals surface area contributed by atoms with E-state index in [1.54, 1.807) is 12.1 Å². The second-order valence-electron chi connectivity index (χ2n) is 7.00. The molecule has 23 heavy (non-hydrogen) atoms. The van der Waals surface area contributed by atoms with E-state index in [1.165, 1.54) is 18.6 Å². The molecule has 0 saturated carbocycles. The molecule has 3 atom stereocenters. The number of hydrogen-bond acceptors (Lipinski definition) is 3. The maximum Gasteiger partial charge on any atom is 0.239 e. The van der Waals surface area contributed by atoms with E-state index in [0.717, 1.165) is 31.5 Å². The molecule has 1 aliphatic heterocycles. The van der Waals surface area contributed by atoms with Crippen molar-refractivity contribution in [2.45, 2.75) is 33.2 Å². The molecule has 2 rings (SSSR count). The van der Waals surface area contributed by atoms with Crippen molar-refractivity contribution in [1.29, 1.82) is 0 Å². The van der Waals surface area contributed by atoms with Crippen LogP contribution in [0.4, 0.5) is 10.1 Å². The fraction of sp³-hybridized carbons (Fsp3) is 0.611. The zero-order valence-corrected chi connectivity index (χ0v) is 14.3. The summed E-state index contributed by atoms with van der Waals surface area (Å²) in [7, 11) is 0. The highest BCUT2D eigenvalue weighted by atomic mass is 19.1. The van der Waals surface area contributed by atoms with Gasteiger partial charge in [0, 0.05) is 31.4 Å². The molecule has 0 radical (unpaired) electrons. The van der Waals surface area contributed by atoms with Crippen molar-refractivity contribution in [3.63, 3.8) is 0 Å². The van der Waals surface area contributed by atoms with Crippen LogP contribution >= 0.6 is 0 Å². The Morgan fingerprint density at radius 3 is 2.70 bits per heavy atom. The predicted octanol–water partition coefficient (Wildman–Crippen LogP) is 2.72. The summed E-state index contributed by atoms with van der Waals surface area (Å²) in [6.07, 6.45) is 1.29. The molecule has 0 aromatic heterocycles. The Bertz CT molecular complexity index is 513. The third kappa shape index (κ3) is 6.18. The van der Waals surface area contributed by atoms with Crippen molar-refractivity contribution in [3.05, 3.63) is 30.1 Å². The summed E-state index contributed by atoms with van der Waals surface area (Å²) in [5.41, 5.74) is 0.617. The Hall–Kier alpha value is -1.62. The molecule has 0 aliphatic carbocycles. The van der Waals surface area contributed by atoms with Gasteiger partial charge in [0.2, 0.25) is 5.91 Å². The van der Waals surface area contributed by atoms with Crippen LogP contribution in [0, 0.1) is 17.7 Å².